The molecule has 1 saturated heterocycles. The highest BCUT2D eigenvalue weighted by Crippen LogP contribution is 2.21. The molecule has 0 radical (unpaired) electrons. The Morgan fingerprint density at radius 1 is 1.03 bits per heavy atom. The minimum absolute atomic E-state index is 0.170. The van der Waals surface area contributed by atoms with Gasteiger partial charge in [-0.1, -0.05) is 43.2 Å². The molecule has 3 rings (SSSR count). The minimum Gasteiger partial charge on any atom is -0.338 e. The van der Waals surface area contributed by atoms with Crippen LogP contribution < -0.4 is 0 Å². The molecule has 2 aromatic carbocycles. The molecular weight excluding hydrogens is 403 g/mol. The van der Waals surface area contributed by atoms with Crippen LogP contribution in [0.2, 0.25) is 0 Å². The molecule has 1 amide bonds. The predicted octanol–water partition coefficient (Wildman–Crippen LogP) is 4.06. The SMILES string of the molecule is CN(Cc1ccccc1F)C(=O)/C=C/c1ccc(S(=O)(=O)N2CCCCCC2)cc1. The van der Waals surface area contributed by atoms with Crippen LogP contribution in [0.1, 0.15) is 36.8 Å². The largest absolute Gasteiger partial charge is 0.338 e. The van der Waals surface area contributed by atoms with Gasteiger partial charge >= 0.3 is 0 Å². The molecule has 0 spiro atoms. The number of amides is 1. The van der Waals surface area contributed by atoms with Crippen LogP contribution in [-0.2, 0) is 21.4 Å². The molecule has 5 nitrogen and oxygen atoms in total. The average molecular weight is 431 g/mol. The highest BCUT2D eigenvalue weighted by molar-refractivity contribution is 7.89. The topological polar surface area (TPSA) is 57.7 Å². The van der Waals surface area contributed by atoms with Gasteiger partial charge in [0, 0.05) is 38.3 Å². The third kappa shape index (κ3) is 5.55. The second-order valence-corrected chi connectivity index (χ2v) is 9.44. The van der Waals surface area contributed by atoms with Gasteiger partial charge in [-0.15, -0.1) is 0 Å². The summed E-state index contributed by atoms with van der Waals surface area (Å²) in [5.41, 5.74) is 1.17. The predicted molar refractivity (Wildman–Crippen MR) is 116 cm³/mol. The van der Waals surface area contributed by atoms with Crippen LogP contribution in [0.25, 0.3) is 6.08 Å². The second-order valence-electron chi connectivity index (χ2n) is 7.51. The number of sulfonamides is 1. The van der Waals surface area contributed by atoms with Crippen LogP contribution in [-0.4, -0.2) is 43.7 Å². The normalized spacial score (nSPS) is 15.8. The van der Waals surface area contributed by atoms with Gasteiger partial charge in [-0.05, 0) is 42.7 Å². The molecule has 0 aliphatic carbocycles. The highest BCUT2D eigenvalue weighted by atomic mass is 32.2. The van der Waals surface area contributed by atoms with Crippen molar-refractivity contribution in [3.05, 3.63) is 71.6 Å². The van der Waals surface area contributed by atoms with Gasteiger partial charge in [0.15, 0.2) is 0 Å². The zero-order chi connectivity index (χ0) is 21.6. The molecule has 7 heteroatoms. The van der Waals surface area contributed by atoms with E-state index in [0.717, 1.165) is 31.2 Å². The first-order valence-corrected chi connectivity index (χ1v) is 11.6. The van der Waals surface area contributed by atoms with Gasteiger partial charge in [0.1, 0.15) is 5.82 Å². The second kappa shape index (κ2) is 10.00. The number of nitrogens with zero attached hydrogens (tertiary/aromatic N) is 2. The molecule has 0 aromatic heterocycles. The summed E-state index contributed by atoms with van der Waals surface area (Å²) >= 11 is 0. The Bertz CT molecular complexity index is 995. The van der Waals surface area contributed by atoms with E-state index in [9.17, 15) is 17.6 Å². The molecule has 160 valence electrons. The molecule has 0 N–H and O–H groups in total. The van der Waals surface area contributed by atoms with Crippen molar-refractivity contribution < 1.29 is 17.6 Å². The molecule has 2 aromatic rings. The van der Waals surface area contributed by atoms with Crippen molar-refractivity contribution in [1.82, 2.24) is 9.21 Å². The summed E-state index contributed by atoms with van der Waals surface area (Å²) in [5, 5.41) is 0. The molecule has 1 fully saturated rings. The molecule has 1 aliphatic heterocycles. The Morgan fingerprint density at radius 2 is 1.67 bits per heavy atom. The highest BCUT2D eigenvalue weighted by Gasteiger charge is 2.24. The van der Waals surface area contributed by atoms with E-state index in [0.29, 0.717) is 18.7 Å². The summed E-state index contributed by atoms with van der Waals surface area (Å²) in [6.45, 7) is 1.29. The zero-order valence-corrected chi connectivity index (χ0v) is 17.9. The molecular formula is C23H27FN2O3S. The number of hydrogen-bond donors (Lipinski definition) is 0. The fourth-order valence-electron chi connectivity index (χ4n) is 3.44. The van der Waals surface area contributed by atoms with E-state index in [2.05, 4.69) is 0 Å². The lowest BCUT2D eigenvalue weighted by Crippen LogP contribution is -2.31. The number of hydrogen-bond acceptors (Lipinski definition) is 3. The number of halogens is 1. The van der Waals surface area contributed by atoms with Crippen LogP contribution in [0.5, 0.6) is 0 Å². The summed E-state index contributed by atoms with van der Waals surface area (Å²) in [6.07, 6.45) is 6.94. The van der Waals surface area contributed by atoms with Gasteiger partial charge in [-0.25, -0.2) is 12.8 Å². The van der Waals surface area contributed by atoms with Crippen LogP contribution in [0, 0.1) is 5.82 Å². The summed E-state index contributed by atoms with van der Waals surface area (Å²) < 4.78 is 41.0. The van der Waals surface area contributed by atoms with Crippen molar-refractivity contribution >= 4 is 22.0 Å². The van der Waals surface area contributed by atoms with Crippen molar-refractivity contribution in [2.45, 2.75) is 37.1 Å². The number of carbonyl (C=O) groups is 1. The molecule has 1 heterocycles. The Labute approximate surface area is 177 Å². The fourth-order valence-corrected chi connectivity index (χ4v) is 4.95. The summed E-state index contributed by atoms with van der Waals surface area (Å²) in [5.74, 6) is -0.609. The average Bonchev–Trinajstić information content (AvgIpc) is 3.04. The van der Waals surface area contributed by atoms with Gasteiger partial charge < -0.3 is 4.90 Å². The van der Waals surface area contributed by atoms with Crippen molar-refractivity contribution in [2.24, 2.45) is 0 Å². The van der Waals surface area contributed by atoms with Gasteiger partial charge in [-0.2, -0.15) is 4.31 Å². The van der Waals surface area contributed by atoms with E-state index in [1.165, 1.54) is 17.0 Å². The maximum absolute atomic E-state index is 13.7. The van der Waals surface area contributed by atoms with Gasteiger partial charge in [0.05, 0.1) is 4.90 Å². The van der Waals surface area contributed by atoms with Gasteiger partial charge in [0.25, 0.3) is 0 Å². The van der Waals surface area contributed by atoms with E-state index in [-0.39, 0.29) is 23.2 Å². The lowest BCUT2D eigenvalue weighted by molar-refractivity contribution is -0.125. The van der Waals surface area contributed by atoms with E-state index in [1.54, 1.807) is 59.9 Å². The number of rotatable bonds is 6. The molecule has 30 heavy (non-hydrogen) atoms. The van der Waals surface area contributed by atoms with Crippen LogP contribution in [0.15, 0.2) is 59.5 Å². The fraction of sp³-hybridized carbons (Fsp3) is 0.348. The van der Waals surface area contributed by atoms with Crippen molar-refractivity contribution in [2.75, 3.05) is 20.1 Å². The third-order valence-corrected chi connectivity index (χ3v) is 7.16. The number of benzene rings is 2. The molecule has 0 bridgehead atoms. The maximum atomic E-state index is 13.7. The summed E-state index contributed by atoms with van der Waals surface area (Å²) in [4.78, 5) is 14.0. The van der Waals surface area contributed by atoms with Crippen molar-refractivity contribution in [1.29, 1.82) is 0 Å². The Hall–Kier alpha value is -2.51. The minimum atomic E-state index is -3.49. The monoisotopic (exact) mass is 430 g/mol. The maximum Gasteiger partial charge on any atom is 0.246 e. The Balaban J connectivity index is 1.63. The van der Waals surface area contributed by atoms with E-state index >= 15 is 0 Å². The van der Waals surface area contributed by atoms with Crippen LogP contribution >= 0.6 is 0 Å². The molecule has 1 aliphatic rings. The first kappa shape index (κ1) is 22.2. The first-order valence-electron chi connectivity index (χ1n) is 10.1. The Kier molecular flexibility index (Phi) is 7.39. The van der Waals surface area contributed by atoms with Crippen LogP contribution in [0.3, 0.4) is 0 Å². The first-order chi connectivity index (χ1) is 14.4. The lowest BCUT2D eigenvalue weighted by atomic mass is 10.2. The lowest BCUT2D eigenvalue weighted by Gasteiger charge is -2.19. The standard InChI is InChI=1S/C23H27FN2O3S/c1-25(18-20-8-4-5-9-22(20)24)23(27)15-12-19-10-13-21(14-11-19)30(28,29)26-16-6-2-3-7-17-26/h4-5,8-15H,2-3,6-7,16-18H2,1H3/b15-12+. The molecule has 0 atom stereocenters. The van der Waals surface area contributed by atoms with E-state index in [1.807, 2.05) is 0 Å². The van der Waals surface area contributed by atoms with Gasteiger partial charge in [0.2, 0.25) is 15.9 Å². The molecule has 0 unspecified atom stereocenters. The summed E-state index contributed by atoms with van der Waals surface area (Å²) in [6, 6.07) is 12.9. The van der Waals surface area contributed by atoms with Gasteiger partial charge in [-0.3, -0.25) is 4.79 Å². The van der Waals surface area contributed by atoms with Crippen molar-refractivity contribution in [3.63, 3.8) is 0 Å². The van der Waals surface area contributed by atoms with E-state index in [4.69, 9.17) is 0 Å². The zero-order valence-electron chi connectivity index (χ0n) is 17.1. The summed E-state index contributed by atoms with van der Waals surface area (Å²) in [7, 11) is -1.88. The smallest absolute Gasteiger partial charge is 0.246 e. The Morgan fingerprint density at radius 3 is 2.30 bits per heavy atom. The third-order valence-electron chi connectivity index (χ3n) is 5.24. The van der Waals surface area contributed by atoms with Crippen molar-refractivity contribution in [3.8, 4) is 0 Å². The van der Waals surface area contributed by atoms with Crippen LogP contribution in [0.4, 0.5) is 4.39 Å². The van der Waals surface area contributed by atoms with E-state index < -0.39 is 10.0 Å². The number of carbonyl (C=O) groups excluding carboxylic acids is 1. The molecule has 0 saturated carbocycles. The quantitative estimate of drug-likeness (QED) is 0.650. The number of likely N-dealkylation sites (N-methyl/N-ethyl adjacent to an activating group) is 1.